The molecule has 0 amide bonds. The van der Waals surface area contributed by atoms with Crippen LogP contribution in [0.25, 0.3) is 0 Å². The van der Waals surface area contributed by atoms with E-state index in [1.54, 1.807) is 0 Å². The van der Waals surface area contributed by atoms with Gasteiger partial charge in [-0.15, -0.1) is 0 Å². The quantitative estimate of drug-likeness (QED) is 0.813. The average Bonchev–Trinajstić information content (AvgIpc) is 2.25. The lowest BCUT2D eigenvalue weighted by Crippen LogP contribution is -2.11. The molecule has 0 radical (unpaired) electrons. The van der Waals surface area contributed by atoms with Gasteiger partial charge < -0.3 is 0 Å². The van der Waals surface area contributed by atoms with Gasteiger partial charge in [0, 0.05) is 6.42 Å². The van der Waals surface area contributed by atoms with Crippen LogP contribution in [-0.4, -0.2) is 32.9 Å². The molecule has 0 aliphatic carbocycles. The standard InChI is InChI=1S/C11H14O6S2/c1-8-3-4-10(7-11(8)19(15,16)17)18(13,14)6-5-9(2)12/h3-4,7H,5-6H2,1-2H3,(H,15,16,17). The maximum atomic E-state index is 11.9. The molecule has 8 heteroatoms. The number of carbonyl (C=O) groups is 1. The fraction of sp³-hybridized carbons (Fsp3) is 0.364. The third-order valence-electron chi connectivity index (χ3n) is 2.52. The van der Waals surface area contributed by atoms with Gasteiger partial charge >= 0.3 is 0 Å². The van der Waals surface area contributed by atoms with Gasteiger partial charge in [-0.1, -0.05) is 6.07 Å². The fourth-order valence-electron chi connectivity index (χ4n) is 1.45. The molecule has 0 fully saturated rings. The van der Waals surface area contributed by atoms with Crippen molar-refractivity contribution in [2.75, 3.05) is 5.75 Å². The lowest BCUT2D eigenvalue weighted by molar-refractivity contribution is -0.116. The minimum atomic E-state index is -4.48. The molecule has 0 atom stereocenters. The van der Waals surface area contributed by atoms with Gasteiger partial charge in [0.05, 0.1) is 15.5 Å². The molecule has 1 N–H and O–H groups in total. The predicted molar refractivity (Wildman–Crippen MR) is 68.3 cm³/mol. The summed E-state index contributed by atoms with van der Waals surface area (Å²) in [5.74, 6) is -0.665. The Hall–Kier alpha value is -1.25. The summed E-state index contributed by atoms with van der Waals surface area (Å²) in [6.45, 7) is 2.71. The Kier molecular flexibility index (Phi) is 4.49. The van der Waals surface area contributed by atoms with E-state index in [1.165, 1.54) is 26.0 Å². The zero-order valence-electron chi connectivity index (χ0n) is 10.5. The molecule has 0 aliphatic heterocycles. The van der Waals surface area contributed by atoms with Crippen molar-refractivity contribution in [3.05, 3.63) is 23.8 Å². The van der Waals surface area contributed by atoms with Crippen molar-refractivity contribution >= 4 is 25.7 Å². The van der Waals surface area contributed by atoms with Gasteiger partial charge in [0.1, 0.15) is 5.78 Å². The van der Waals surface area contributed by atoms with Crippen molar-refractivity contribution in [2.45, 2.75) is 30.1 Å². The largest absolute Gasteiger partial charge is 0.300 e. The van der Waals surface area contributed by atoms with Crippen molar-refractivity contribution in [1.82, 2.24) is 0 Å². The van der Waals surface area contributed by atoms with Gasteiger partial charge in [0.25, 0.3) is 10.1 Å². The number of aryl methyl sites for hydroxylation is 1. The molecule has 106 valence electrons. The van der Waals surface area contributed by atoms with Crippen LogP contribution in [0.1, 0.15) is 18.9 Å². The summed E-state index contributed by atoms with van der Waals surface area (Å²) in [5.41, 5.74) is 0.244. The van der Waals surface area contributed by atoms with E-state index in [-0.39, 0.29) is 22.7 Å². The lowest BCUT2D eigenvalue weighted by Gasteiger charge is -2.07. The molecule has 0 unspecified atom stereocenters. The highest BCUT2D eigenvalue weighted by atomic mass is 32.2. The van der Waals surface area contributed by atoms with E-state index in [0.29, 0.717) is 0 Å². The van der Waals surface area contributed by atoms with Crippen LogP contribution in [0, 0.1) is 6.92 Å². The molecule has 1 aromatic carbocycles. The summed E-state index contributed by atoms with van der Waals surface area (Å²) in [4.78, 5) is 10.1. The number of Topliss-reactive ketones (excluding diaryl/α,β-unsaturated/α-hetero) is 1. The maximum Gasteiger partial charge on any atom is 0.294 e. The number of hydrogen-bond donors (Lipinski definition) is 1. The molecule has 0 spiro atoms. The molecule has 0 aromatic heterocycles. The van der Waals surface area contributed by atoms with E-state index >= 15 is 0 Å². The Labute approximate surface area is 112 Å². The normalized spacial score (nSPS) is 12.4. The first-order chi connectivity index (χ1) is 8.54. The molecule has 1 rings (SSSR count). The monoisotopic (exact) mass is 306 g/mol. The van der Waals surface area contributed by atoms with Crippen LogP contribution < -0.4 is 0 Å². The van der Waals surface area contributed by atoms with Crippen LogP contribution in [-0.2, 0) is 24.7 Å². The molecular weight excluding hydrogens is 292 g/mol. The number of carbonyl (C=O) groups excluding carboxylic acids is 1. The molecule has 6 nitrogen and oxygen atoms in total. The Morgan fingerprint density at radius 3 is 2.26 bits per heavy atom. The van der Waals surface area contributed by atoms with E-state index in [0.717, 1.165) is 6.07 Å². The Balaban J connectivity index is 3.27. The molecule has 0 saturated heterocycles. The average molecular weight is 306 g/mol. The second-order valence-electron chi connectivity index (χ2n) is 4.17. The molecule has 0 aliphatic rings. The zero-order chi connectivity index (χ0) is 14.8. The first kappa shape index (κ1) is 15.8. The highest BCUT2D eigenvalue weighted by Crippen LogP contribution is 2.21. The van der Waals surface area contributed by atoms with Crippen molar-refractivity contribution < 1.29 is 26.2 Å². The zero-order valence-corrected chi connectivity index (χ0v) is 12.1. The minimum Gasteiger partial charge on any atom is -0.300 e. The number of sulfone groups is 1. The van der Waals surface area contributed by atoms with E-state index in [9.17, 15) is 21.6 Å². The Morgan fingerprint density at radius 2 is 1.79 bits per heavy atom. The van der Waals surface area contributed by atoms with Crippen LogP contribution in [0.5, 0.6) is 0 Å². The van der Waals surface area contributed by atoms with Crippen molar-refractivity contribution in [1.29, 1.82) is 0 Å². The summed E-state index contributed by atoms with van der Waals surface area (Å²) < 4.78 is 55.0. The number of hydrogen-bond acceptors (Lipinski definition) is 5. The predicted octanol–water partition coefficient (Wildman–Crippen LogP) is 0.995. The first-order valence-corrected chi connectivity index (χ1v) is 8.43. The SMILES string of the molecule is CC(=O)CCS(=O)(=O)c1ccc(C)c(S(=O)(=O)O)c1. The van der Waals surface area contributed by atoms with Crippen LogP contribution in [0.15, 0.2) is 28.0 Å². The van der Waals surface area contributed by atoms with Crippen LogP contribution in [0.4, 0.5) is 0 Å². The van der Waals surface area contributed by atoms with Gasteiger partial charge in [-0.3, -0.25) is 9.35 Å². The Morgan fingerprint density at radius 1 is 1.21 bits per heavy atom. The number of benzene rings is 1. The lowest BCUT2D eigenvalue weighted by atomic mass is 10.2. The van der Waals surface area contributed by atoms with Gasteiger partial charge in [0.15, 0.2) is 9.84 Å². The second-order valence-corrected chi connectivity index (χ2v) is 7.67. The second kappa shape index (κ2) is 5.40. The van der Waals surface area contributed by atoms with E-state index in [2.05, 4.69) is 0 Å². The topological polar surface area (TPSA) is 106 Å². The smallest absolute Gasteiger partial charge is 0.294 e. The van der Waals surface area contributed by atoms with Crippen molar-refractivity contribution in [3.8, 4) is 0 Å². The molecule has 1 aromatic rings. The highest BCUT2D eigenvalue weighted by Gasteiger charge is 2.20. The maximum absolute atomic E-state index is 11.9. The minimum absolute atomic E-state index is 0.141. The van der Waals surface area contributed by atoms with Gasteiger partial charge in [0.2, 0.25) is 0 Å². The molecular formula is C11H14O6S2. The van der Waals surface area contributed by atoms with Crippen molar-refractivity contribution in [2.24, 2.45) is 0 Å². The third-order valence-corrected chi connectivity index (χ3v) is 5.23. The summed E-state index contributed by atoms with van der Waals surface area (Å²) >= 11 is 0. The molecule has 0 heterocycles. The first-order valence-electron chi connectivity index (χ1n) is 5.34. The fourth-order valence-corrected chi connectivity index (χ4v) is 3.64. The van der Waals surface area contributed by atoms with Crippen LogP contribution in [0.3, 0.4) is 0 Å². The van der Waals surface area contributed by atoms with Gasteiger partial charge in [-0.25, -0.2) is 8.42 Å². The van der Waals surface area contributed by atoms with E-state index in [4.69, 9.17) is 4.55 Å². The molecule has 19 heavy (non-hydrogen) atoms. The van der Waals surface area contributed by atoms with Gasteiger partial charge in [-0.05, 0) is 31.5 Å². The molecule has 0 saturated carbocycles. The third kappa shape index (κ3) is 4.12. The van der Waals surface area contributed by atoms with Crippen LogP contribution in [0.2, 0.25) is 0 Å². The van der Waals surface area contributed by atoms with Crippen LogP contribution >= 0.6 is 0 Å². The Bertz CT molecular complexity index is 701. The summed E-state index contributed by atoms with van der Waals surface area (Å²) in [7, 11) is -8.23. The highest BCUT2D eigenvalue weighted by molar-refractivity contribution is 7.91. The number of rotatable bonds is 5. The van der Waals surface area contributed by atoms with Crippen molar-refractivity contribution in [3.63, 3.8) is 0 Å². The molecule has 0 bridgehead atoms. The number of ketones is 1. The summed E-state index contributed by atoms with van der Waals surface area (Å²) in [6, 6.07) is 3.45. The summed E-state index contributed by atoms with van der Waals surface area (Å²) in [5, 5.41) is 0. The van der Waals surface area contributed by atoms with Gasteiger partial charge in [-0.2, -0.15) is 8.42 Å². The summed E-state index contributed by atoms with van der Waals surface area (Å²) in [6.07, 6.45) is -0.141. The van der Waals surface area contributed by atoms with E-state index in [1.807, 2.05) is 0 Å². The van der Waals surface area contributed by atoms with E-state index < -0.39 is 30.6 Å².